The Morgan fingerprint density at radius 2 is 2.00 bits per heavy atom. The van der Waals surface area contributed by atoms with Crippen LogP contribution in [-0.4, -0.2) is 25.7 Å². The predicted molar refractivity (Wildman–Crippen MR) is 95.1 cm³/mol. The van der Waals surface area contributed by atoms with E-state index < -0.39 is 0 Å². The number of rotatable bonds is 3. The molecule has 0 bridgehead atoms. The van der Waals surface area contributed by atoms with E-state index in [2.05, 4.69) is 76.4 Å². The minimum absolute atomic E-state index is 0.589. The molecule has 3 heteroatoms. The number of piperazine rings is 1. The Morgan fingerprint density at radius 3 is 2.76 bits per heavy atom. The van der Waals surface area contributed by atoms with Crippen LogP contribution in [0, 0.1) is 5.92 Å². The summed E-state index contributed by atoms with van der Waals surface area (Å²) in [5.74, 6) is 0.717. The highest BCUT2D eigenvalue weighted by Gasteiger charge is 2.24. The summed E-state index contributed by atoms with van der Waals surface area (Å²) in [6.45, 7) is 7.87. The van der Waals surface area contributed by atoms with Crippen LogP contribution < -0.4 is 10.2 Å². The zero-order chi connectivity index (χ0) is 14.8. The van der Waals surface area contributed by atoms with Crippen molar-refractivity contribution in [3.63, 3.8) is 0 Å². The van der Waals surface area contributed by atoms with Crippen molar-refractivity contribution in [1.82, 2.24) is 5.32 Å². The third kappa shape index (κ3) is 2.95. The fourth-order valence-electron chi connectivity index (χ4n) is 3.18. The lowest BCUT2D eigenvalue weighted by Crippen LogP contribution is -2.53. The van der Waals surface area contributed by atoms with Crippen LogP contribution in [0.25, 0.3) is 10.8 Å². The van der Waals surface area contributed by atoms with Crippen LogP contribution in [0.2, 0.25) is 0 Å². The smallest absolute Gasteiger partial charge is 0.0447 e. The lowest BCUT2D eigenvalue weighted by molar-refractivity contribution is 0.342. The Hall–Kier alpha value is -1.06. The van der Waals surface area contributed by atoms with Gasteiger partial charge in [0.2, 0.25) is 0 Å². The van der Waals surface area contributed by atoms with Gasteiger partial charge >= 0.3 is 0 Å². The van der Waals surface area contributed by atoms with Gasteiger partial charge < -0.3 is 10.2 Å². The minimum Gasteiger partial charge on any atom is -0.368 e. The van der Waals surface area contributed by atoms with Crippen LogP contribution in [-0.2, 0) is 0 Å². The highest BCUT2D eigenvalue weighted by Crippen LogP contribution is 2.33. The van der Waals surface area contributed by atoms with E-state index in [-0.39, 0.29) is 0 Å². The molecular weight excluding hydrogens is 324 g/mol. The molecule has 2 atom stereocenters. The van der Waals surface area contributed by atoms with E-state index in [1.54, 1.807) is 0 Å². The second kappa shape index (κ2) is 6.37. The molecule has 21 heavy (non-hydrogen) atoms. The van der Waals surface area contributed by atoms with Crippen molar-refractivity contribution in [2.24, 2.45) is 5.92 Å². The molecule has 1 fully saturated rings. The number of fused-ring (bicyclic) bond motifs is 1. The average Bonchev–Trinajstić information content (AvgIpc) is 2.55. The lowest BCUT2D eigenvalue weighted by Gasteiger charge is -2.38. The molecule has 2 nitrogen and oxygen atoms in total. The second-order valence-electron chi connectivity index (χ2n) is 6.00. The molecule has 1 saturated heterocycles. The van der Waals surface area contributed by atoms with E-state index in [1.807, 2.05) is 0 Å². The second-order valence-corrected chi connectivity index (χ2v) is 6.86. The maximum atomic E-state index is 3.68. The molecule has 2 aromatic carbocycles. The van der Waals surface area contributed by atoms with E-state index in [9.17, 15) is 0 Å². The zero-order valence-corrected chi connectivity index (χ0v) is 14.4. The van der Waals surface area contributed by atoms with Crippen LogP contribution in [0.1, 0.15) is 20.3 Å². The molecular formula is C18H23BrN2. The molecule has 0 saturated carbocycles. The minimum atomic E-state index is 0.589. The van der Waals surface area contributed by atoms with Crippen LogP contribution in [0.4, 0.5) is 5.69 Å². The summed E-state index contributed by atoms with van der Waals surface area (Å²) >= 11 is 3.67. The molecule has 0 aromatic heterocycles. The fourth-order valence-corrected chi connectivity index (χ4v) is 3.66. The highest BCUT2D eigenvalue weighted by molar-refractivity contribution is 9.10. The fraction of sp³-hybridized carbons (Fsp3) is 0.444. The predicted octanol–water partition coefficient (Wildman–Crippen LogP) is 4.43. The van der Waals surface area contributed by atoms with Gasteiger partial charge in [0.1, 0.15) is 0 Å². The number of anilines is 1. The summed E-state index contributed by atoms with van der Waals surface area (Å²) < 4.78 is 1.18. The molecule has 0 aliphatic carbocycles. The van der Waals surface area contributed by atoms with Crippen molar-refractivity contribution in [3.8, 4) is 0 Å². The van der Waals surface area contributed by atoms with E-state index in [1.165, 1.54) is 27.4 Å². The number of nitrogens with zero attached hydrogens (tertiary/aromatic N) is 1. The van der Waals surface area contributed by atoms with Gasteiger partial charge in [-0.25, -0.2) is 0 Å². The van der Waals surface area contributed by atoms with Gasteiger partial charge in [-0.3, -0.25) is 0 Å². The molecule has 112 valence electrons. The molecule has 1 heterocycles. The maximum Gasteiger partial charge on any atom is 0.0447 e. The molecule has 1 N–H and O–H groups in total. The molecule has 2 unspecified atom stereocenters. The quantitative estimate of drug-likeness (QED) is 0.884. The van der Waals surface area contributed by atoms with Crippen molar-refractivity contribution in [2.75, 3.05) is 24.5 Å². The first-order valence-corrected chi connectivity index (χ1v) is 8.65. The van der Waals surface area contributed by atoms with Crippen LogP contribution in [0.5, 0.6) is 0 Å². The number of halogens is 1. The topological polar surface area (TPSA) is 15.3 Å². The van der Waals surface area contributed by atoms with Crippen molar-refractivity contribution < 1.29 is 0 Å². The van der Waals surface area contributed by atoms with Crippen LogP contribution in [0.3, 0.4) is 0 Å². The van der Waals surface area contributed by atoms with Gasteiger partial charge in [-0.2, -0.15) is 0 Å². The maximum absolute atomic E-state index is 3.68. The first-order chi connectivity index (χ1) is 10.2. The van der Waals surface area contributed by atoms with Crippen LogP contribution in [0.15, 0.2) is 40.9 Å². The normalized spacial score (nSPS) is 20.7. The first kappa shape index (κ1) is 14.9. The third-order valence-electron chi connectivity index (χ3n) is 4.72. The molecule has 1 aliphatic rings. The van der Waals surface area contributed by atoms with Gasteiger partial charge in [0.05, 0.1) is 0 Å². The van der Waals surface area contributed by atoms with E-state index in [0.717, 1.165) is 25.6 Å². The van der Waals surface area contributed by atoms with Crippen molar-refractivity contribution in [3.05, 3.63) is 40.9 Å². The highest BCUT2D eigenvalue weighted by atomic mass is 79.9. The molecule has 0 amide bonds. The lowest BCUT2D eigenvalue weighted by atomic mass is 9.96. The van der Waals surface area contributed by atoms with Crippen molar-refractivity contribution in [2.45, 2.75) is 26.3 Å². The van der Waals surface area contributed by atoms with Gasteiger partial charge in [-0.05, 0) is 23.4 Å². The number of hydrogen-bond donors (Lipinski definition) is 1. The SMILES string of the molecule is CCC(C)C1CN(c2ccc(Br)c3ccccc23)CCN1. The van der Waals surface area contributed by atoms with E-state index in [0.29, 0.717) is 6.04 Å². The van der Waals surface area contributed by atoms with Gasteiger partial charge in [0.25, 0.3) is 0 Å². The standard InChI is InChI=1S/C18H23BrN2/c1-3-13(2)17-12-21(11-10-20-17)18-9-8-16(19)14-6-4-5-7-15(14)18/h4-9,13,17,20H,3,10-12H2,1-2H3. The Bertz CT molecular complexity index is 626. The molecule has 2 aromatic rings. The van der Waals surface area contributed by atoms with Gasteiger partial charge in [0.15, 0.2) is 0 Å². The van der Waals surface area contributed by atoms with E-state index in [4.69, 9.17) is 0 Å². The summed E-state index contributed by atoms with van der Waals surface area (Å²) in [5, 5.41) is 6.32. The van der Waals surface area contributed by atoms with Crippen molar-refractivity contribution in [1.29, 1.82) is 0 Å². The zero-order valence-electron chi connectivity index (χ0n) is 12.8. The Morgan fingerprint density at radius 1 is 1.24 bits per heavy atom. The third-order valence-corrected chi connectivity index (χ3v) is 5.42. The number of nitrogens with one attached hydrogen (secondary N) is 1. The first-order valence-electron chi connectivity index (χ1n) is 7.86. The van der Waals surface area contributed by atoms with Crippen molar-refractivity contribution >= 4 is 32.4 Å². The summed E-state index contributed by atoms with van der Waals surface area (Å²) in [7, 11) is 0. The molecule has 0 spiro atoms. The van der Waals surface area contributed by atoms with Gasteiger partial charge in [-0.15, -0.1) is 0 Å². The van der Waals surface area contributed by atoms with E-state index >= 15 is 0 Å². The number of benzene rings is 2. The summed E-state index contributed by atoms with van der Waals surface area (Å²) in [6.07, 6.45) is 1.23. The Kier molecular flexibility index (Phi) is 4.51. The molecule has 1 aliphatic heterocycles. The largest absolute Gasteiger partial charge is 0.368 e. The monoisotopic (exact) mass is 346 g/mol. The Balaban J connectivity index is 1.95. The molecule has 3 rings (SSSR count). The summed E-state index contributed by atoms with van der Waals surface area (Å²) in [5.41, 5.74) is 1.36. The number of hydrogen-bond acceptors (Lipinski definition) is 2. The van der Waals surface area contributed by atoms with Crippen LogP contribution >= 0.6 is 15.9 Å². The average molecular weight is 347 g/mol. The molecule has 0 radical (unpaired) electrons. The van der Waals surface area contributed by atoms with Gasteiger partial charge in [0, 0.05) is 41.2 Å². The van der Waals surface area contributed by atoms with Gasteiger partial charge in [-0.1, -0.05) is 60.5 Å². The Labute approximate surface area is 135 Å². The summed E-state index contributed by atoms with van der Waals surface area (Å²) in [6, 6.07) is 13.7. The summed E-state index contributed by atoms with van der Waals surface area (Å²) in [4.78, 5) is 2.54.